The number of fused-ring (bicyclic) bond motifs is 2. The van der Waals surface area contributed by atoms with E-state index in [1.165, 1.54) is 12.0 Å². The van der Waals surface area contributed by atoms with Crippen molar-refractivity contribution in [1.82, 2.24) is 20.2 Å². The maximum atomic E-state index is 11.7. The number of aromatic amines is 2. The van der Waals surface area contributed by atoms with E-state index in [9.17, 15) is 4.79 Å². The summed E-state index contributed by atoms with van der Waals surface area (Å²) < 4.78 is 5.80. The van der Waals surface area contributed by atoms with Gasteiger partial charge in [-0.05, 0) is 19.1 Å². The van der Waals surface area contributed by atoms with Crippen LogP contribution in [-0.4, -0.2) is 33.2 Å². The van der Waals surface area contributed by atoms with E-state index < -0.39 is 0 Å². The van der Waals surface area contributed by atoms with E-state index in [2.05, 4.69) is 27.1 Å². The molecule has 0 aromatic carbocycles. The van der Waals surface area contributed by atoms with Crippen molar-refractivity contribution in [1.29, 1.82) is 0 Å². The van der Waals surface area contributed by atoms with Crippen molar-refractivity contribution in [2.45, 2.75) is 6.92 Å². The number of pyridine rings is 1. The van der Waals surface area contributed by atoms with Crippen LogP contribution in [-0.2, 0) is 4.74 Å². The van der Waals surface area contributed by atoms with Gasteiger partial charge in [0.05, 0.1) is 23.5 Å². The fraction of sp³-hybridized carbons (Fsp3) is 0.133. The van der Waals surface area contributed by atoms with Gasteiger partial charge in [-0.3, -0.25) is 5.10 Å². The minimum Gasteiger partial charge on any atom is -0.464 e. The molecule has 0 saturated heterocycles. The number of hydrogen-bond donors (Lipinski definition) is 2. The number of aromatic nitrogens is 4. The first-order valence-corrected chi connectivity index (χ1v) is 7.49. The lowest BCUT2D eigenvalue weighted by Crippen LogP contribution is -2.00. The highest BCUT2D eigenvalue weighted by Gasteiger charge is 2.17. The van der Waals surface area contributed by atoms with Gasteiger partial charge >= 0.3 is 5.97 Å². The Kier molecular flexibility index (Phi) is 2.77. The molecule has 0 fully saturated rings. The smallest absolute Gasteiger partial charge is 0.354 e. The summed E-state index contributed by atoms with van der Waals surface area (Å²) in [7, 11) is 1.38. The average Bonchev–Trinajstić information content (AvgIpc) is 3.19. The van der Waals surface area contributed by atoms with E-state index in [1.807, 2.05) is 18.3 Å². The normalized spacial score (nSPS) is 11.4. The number of nitrogens with zero attached hydrogens (tertiary/aromatic N) is 2. The summed E-state index contributed by atoms with van der Waals surface area (Å²) in [6.45, 7) is 2.06. The number of aryl methyl sites for hydroxylation is 1. The first-order chi connectivity index (χ1) is 10.7. The molecular weight excluding hydrogens is 300 g/mol. The quantitative estimate of drug-likeness (QED) is 0.556. The van der Waals surface area contributed by atoms with Gasteiger partial charge in [-0.15, -0.1) is 11.3 Å². The molecule has 0 aliphatic rings. The number of H-pyrrole nitrogens is 2. The zero-order chi connectivity index (χ0) is 15.3. The summed E-state index contributed by atoms with van der Waals surface area (Å²) in [5.41, 5.74) is 4.21. The van der Waals surface area contributed by atoms with Crippen LogP contribution in [0.4, 0.5) is 0 Å². The van der Waals surface area contributed by atoms with Crippen molar-refractivity contribution >= 4 is 38.6 Å². The van der Waals surface area contributed by atoms with Crippen LogP contribution < -0.4 is 0 Å². The molecule has 0 bridgehead atoms. The molecule has 0 atom stereocenters. The van der Waals surface area contributed by atoms with Gasteiger partial charge in [0.1, 0.15) is 5.69 Å². The van der Waals surface area contributed by atoms with Crippen LogP contribution >= 0.6 is 11.3 Å². The topological polar surface area (TPSA) is 83.7 Å². The van der Waals surface area contributed by atoms with Crippen LogP contribution in [0.15, 0.2) is 24.5 Å². The molecule has 7 heteroatoms. The van der Waals surface area contributed by atoms with E-state index in [4.69, 9.17) is 4.74 Å². The zero-order valence-electron chi connectivity index (χ0n) is 11.9. The molecule has 0 spiro atoms. The van der Waals surface area contributed by atoms with E-state index in [0.29, 0.717) is 5.69 Å². The lowest BCUT2D eigenvalue weighted by Gasteiger charge is -2.01. The predicted molar refractivity (Wildman–Crippen MR) is 85.1 cm³/mol. The number of thiophene rings is 1. The van der Waals surface area contributed by atoms with E-state index >= 15 is 0 Å². The number of methoxy groups -OCH3 is 1. The molecule has 0 aliphatic carbocycles. The third kappa shape index (κ3) is 1.82. The highest BCUT2D eigenvalue weighted by atomic mass is 32.1. The number of hydrogen-bond acceptors (Lipinski definition) is 5. The fourth-order valence-corrected chi connectivity index (χ4v) is 3.72. The molecule has 4 rings (SSSR count). The van der Waals surface area contributed by atoms with Gasteiger partial charge in [0.25, 0.3) is 0 Å². The van der Waals surface area contributed by atoms with Crippen molar-refractivity contribution in [3.05, 3.63) is 35.1 Å². The Balaban J connectivity index is 1.94. The third-order valence-corrected chi connectivity index (χ3v) is 4.68. The second-order valence-corrected chi connectivity index (χ2v) is 6.24. The van der Waals surface area contributed by atoms with Gasteiger partial charge in [-0.1, -0.05) is 0 Å². The largest absolute Gasteiger partial charge is 0.464 e. The number of esters is 1. The second kappa shape index (κ2) is 4.67. The third-order valence-electron chi connectivity index (χ3n) is 3.63. The summed E-state index contributed by atoms with van der Waals surface area (Å²) in [6, 6.07) is 3.87. The average molecular weight is 312 g/mol. The van der Waals surface area contributed by atoms with Crippen LogP contribution in [0.25, 0.3) is 32.4 Å². The van der Waals surface area contributed by atoms with Crippen LogP contribution in [0.2, 0.25) is 0 Å². The molecular formula is C15H12N4O2S. The number of carbonyl (C=O) groups is 1. The Hall–Kier alpha value is -2.67. The Morgan fingerprint density at radius 1 is 1.32 bits per heavy atom. The van der Waals surface area contributed by atoms with Crippen LogP contribution in [0.3, 0.4) is 0 Å². The van der Waals surface area contributed by atoms with E-state index in [1.54, 1.807) is 17.5 Å². The fourth-order valence-electron chi connectivity index (χ4n) is 2.63. The monoisotopic (exact) mass is 312 g/mol. The van der Waals surface area contributed by atoms with Gasteiger partial charge in [-0.2, -0.15) is 5.10 Å². The Morgan fingerprint density at radius 2 is 2.18 bits per heavy atom. The lowest BCUT2D eigenvalue weighted by atomic mass is 10.1. The maximum absolute atomic E-state index is 11.7. The van der Waals surface area contributed by atoms with E-state index in [-0.39, 0.29) is 5.97 Å². The number of ether oxygens (including phenoxy) is 1. The van der Waals surface area contributed by atoms with Gasteiger partial charge in [0, 0.05) is 27.6 Å². The van der Waals surface area contributed by atoms with Crippen molar-refractivity contribution in [2.24, 2.45) is 0 Å². The summed E-state index contributed by atoms with van der Waals surface area (Å²) >= 11 is 1.64. The summed E-state index contributed by atoms with van der Waals surface area (Å²) in [6.07, 6.45) is 3.56. The molecule has 6 nitrogen and oxygen atoms in total. The minimum atomic E-state index is -0.365. The standard InChI is InChI=1S/C15H12N4O2S/c1-7-12(8-3-9-6-17-19-14(9)16-5-8)13-11(22-7)4-10(18-13)15(20)21-2/h3-6,18H,1-2H3,(H,16,17,19). The summed E-state index contributed by atoms with van der Waals surface area (Å²) in [5, 5.41) is 7.79. The first kappa shape index (κ1) is 13.0. The van der Waals surface area contributed by atoms with Gasteiger partial charge in [0.15, 0.2) is 5.65 Å². The zero-order valence-corrected chi connectivity index (χ0v) is 12.7. The van der Waals surface area contributed by atoms with Crippen molar-refractivity contribution in [3.8, 4) is 11.1 Å². The van der Waals surface area contributed by atoms with Crippen LogP contribution in [0.5, 0.6) is 0 Å². The van der Waals surface area contributed by atoms with Crippen molar-refractivity contribution in [2.75, 3.05) is 7.11 Å². The molecule has 0 aliphatic heterocycles. The Morgan fingerprint density at radius 3 is 3.00 bits per heavy atom. The highest BCUT2D eigenvalue weighted by Crippen LogP contribution is 2.38. The summed E-state index contributed by atoms with van der Waals surface area (Å²) in [5.74, 6) is -0.365. The van der Waals surface area contributed by atoms with Gasteiger partial charge in [-0.25, -0.2) is 9.78 Å². The highest BCUT2D eigenvalue weighted by molar-refractivity contribution is 7.19. The molecule has 0 saturated carbocycles. The predicted octanol–water partition coefficient (Wildman–Crippen LogP) is 3.26. The molecule has 4 aromatic heterocycles. The number of nitrogens with one attached hydrogen (secondary N) is 2. The van der Waals surface area contributed by atoms with E-state index in [0.717, 1.165) is 32.4 Å². The lowest BCUT2D eigenvalue weighted by molar-refractivity contribution is 0.0595. The Labute approximate surface area is 129 Å². The molecule has 110 valence electrons. The maximum Gasteiger partial charge on any atom is 0.354 e. The second-order valence-electron chi connectivity index (χ2n) is 4.98. The first-order valence-electron chi connectivity index (χ1n) is 6.67. The van der Waals surface area contributed by atoms with Crippen LogP contribution in [0, 0.1) is 6.92 Å². The van der Waals surface area contributed by atoms with Crippen molar-refractivity contribution < 1.29 is 9.53 Å². The molecule has 0 unspecified atom stereocenters. The summed E-state index contributed by atoms with van der Waals surface area (Å²) in [4.78, 5) is 20.4. The Bertz CT molecular complexity index is 1010. The van der Waals surface area contributed by atoms with Crippen molar-refractivity contribution in [3.63, 3.8) is 0 Å². The molecule has 4 aromatic rings. The molecule has 2 N–H and O–H groups in total. The number of rotatable bonds is 2. The molecule has 0 radical (unpaired) electrons. The molecule has 0 amide bonds. The van der Waals surface area contributed by atoms with Gasteiger partial charge in [0.2, 0.25) is 0 Å². The minimum absolute atomic E-state index is 0.365. The molecule has 4 heterocycles. The molecule has 22 heavy (non-hydrogen) atoms. The van der Waals surface area contributed by atoms with Crippen LogP contribution in [0.1, 0.15) is 15.4 Å². The SMILES string of the molecule is COC(=O)c1cc2sc(C)c(-c3cnc4[nH]ncc4c3)c2[nH]1. The van der Waals surface area contributed by atoms with Gasteiger partial charge < -0.3 is 9.72 Å². The number of carbonyl (C=O) groups excluding carboxylic acids is 1.